The molecule has 0 radical (unpaired) electrons. The molecule has 0 saturated carbocycles. The maximum atomic E-state index is 14.2. The summed E-state index contributed by atoms with van der Waals surface area (Å²) in [5, 5.41) is 0.642. The van der Waals surface area contributed by atoms with Crippen LogP contribution >= 0.6 is 0 Å². The van der Waals surface area contributed by atoms with Crippen molar-refractivity contribution >= 4 is 10.9 Å². The van der Waals surface area contributed by atoms with Gasteiger partial charge in [-0.3, -0.25) is 0 Å². The van der Waals surface area contributed by atoms with Gasteiger partial charge in [-0.25, -0.2) is 4.39 Å². The summed E-state index contributed by atoms with van der Waals surface area (Å²) in [5.74, 6) is -0.176. The van der Waals surface area contributed by atoms with Crippen LogP contribution in [0, 0.1) is 12.7 Å². The monoisotopic (exact) mass is 225 g/mol. The van der Waals surface area contributed by atoms with Gasteiger partial charge < -0.3 is 4.98 Å². The quantitative estimate of drug-likeness (QED) is 0.636. The molecule has 0 aliphatic heterocycles. The first kappa shape index (κ1) is 10.1. The first-order valence-electron chi connectivity index (χ1n) is 5.59. The number of halogens is 1. The minimum absolute atomic E-state index is 0.176. The number of aryl methyl sites for hydroxylation is 1. The number of H-pyrrole nitrogens is 1. The fourth-order valence-corrected chi connectivity index (χ4v) is 2.03. The van der Waals surface area contributed by atoms with Crippen LogP contribution in [0.25, 0.3) is 22.2 Å². The smallest absolute Gasteiger partial charge is 0.156 e. The third-order valence-corrected chi connectivity index (χ3v) is 2.98. The van der Waals surface area contributed by atoms with E-state index in [1.807, 2.05) is 49.4 Å². The van der Waals surface area contributed by atoms with Crippen LogP contribution < -0.4 is 0 Å². The Morgan fingerprint density at radius 3 is 2.35 bits per heavy atom. The SMILES string of the molecule is Cc1ccc(-c2[nH]c3ccccc3c2F)cc1. The minimum atomic E-state index is -0.176. The number of hydrogen-bond donors (Lipinski definition) is 1. The lowest BCUT2D eigenvalue weighted by Crippen LogP contribution is -1.81. The number of benzene rings is 2. The van der Waals surface area contributed by atoms with Crippen molar-refractivity contribution in [3.8, 4) is 11.3 Å². The summed E-state index contributed by atoms with van der Waals surface area (Å²) in [7, 11) is 0. The van der Waals surface area contributed by atoms with Crippen LogP contribution in [0.1, 0.15) is 5.56 Å². The molecule has 2 heteroatoms. The fraction of sp³-hybridized carbons (Fsp3) is 0.0667. The van der Waals surface area contributed by atoms with Crippen molar-refractivity contribution in [2.45, 2.75) is 6.92 Å². The van der Waals surface area contributed by atoms with E-state index < -0.39 is 0 Å². The number of aromatic amines is 1. The number of para-hydroxylation sites is 1. The molecule has 0 fully saturated rings. The Balaban J connectivity index is 2.24. The Hall–Kier alpha value is -2.09. The van der Waals surface area contributed by atoms with E-state index in [1.165, 1.54) is 5.56 Å². The van der Waals surface area contributed by atoms with Gasteiger partial charge in [0.25, 0.3) is 0 Å². The molecule has 84 valence electrons. The molecule has 3 aromatic rings. The fourth-order valence-electron chi connectivity index (χ4n) is 2.03. The van der Waals surface area contributed by atoms with Crippen molar-refractivity contribution in [2.24, 2.45) is 0 Å². The largest absolute Gasteiger partial charge is 0.352 e. The zero-order valence-electron chi connectivity index (χ0n) is 9.50. The highest BCUT2D eigenvalue weighted by molar-refractivity contribution is 5.86. The maximum absolute atomic E-state index is 14.2. The van der Waals surface area contributed by atoms with Crippen LogP contribution in [0.5, 0.6) is 0 Å². The summed E-state index contributed by atoms with van der Waals surface area (Å²) < 4.78 is 14.2. The second-order valence-corrected chi connectivity index (χ2v) is 4.23. The van der Waals surface area contributed by atoms with Crippen molar-refractivity contribution in [3.63, 3.8) is 0 Å². The van der Waals surface area contributed by atoms with E-state index in [0.717, 1.165) is 11.1 Å². The molecule has 1 N–H and O–H groups in total. The second kappa shape index (κ2) is 3.74. The molecule has 0 unspecified atom stereocenters. The molecule has 3 rings (SSSR count). The molecule has 1 nitrogen and oxygen atoms in total. The van der Waals surface area contributed by atoms with Crippen LogP contribution in [0.4, 0.5) is 4.39 Å². The van der Waals surface area contributed by atoms with Crippen LogP contribution in [0.15, 0.2) is 48.5 Å². The predicted molar refractivity (Wildman–Crippen MR) is 68.4 cm³/mol. The van der Waals surface area contributed by atoms with Gasteiger partial charge in [0.2, 0.25) is 0 Å². The molecule has 0 amide bonds. The summed E-state index contributed by atoms with van der Waals surface area (Å²) in [6, 6.07) is 15.3. The van der Waals surface area contributed by atoms with Gasteiger partial charge >= 0.3 is 0 Å². The molecule has 0 atom stereocenters. The second-order valence-electron chi connectivity index (χ2n) is 4.23. The molecular weight excluding hydrogens is 213 g/mol. The molecular formula is C15H12FN. The Kier molecular flexibility index (Phi) is 2.22. The summed E-state index contributed by atoms with van der Waals surface area (Å²) in [6.45, 7) is 2.02. The first-order chi connectivity index (χ1) is 8.25. The summed E-state index contributed by atoms with van der Waals surface area (Å²) in [6.07, 6.45) is 0. The number of fused-ring (bicyclic) bond motifs is 1. The highest BCUT2D eigenvalue weighted by Gasteiger charge is 2.11. The van der Waals surface area contributed by atoms with Crippen LogP contribution in [-0.4, -0.2) is 4.98 Å². The van der Waals surface area contributed by atoms with Crippen molar-refractivity contribution in [3.05, 3.63) is 59.9 Å². The lowest BCUT2D eigenvalue weighted by molar-refractivity contribution is 0.643. The third kappa shape index (κ3) is 1.62. The van der Waals surface area contributed by atoms with Gasteiger partial charge in [0.1, 0.15) is 0 Å². The average molecular weight is 225 g/mol. The van der Waals surface area contributed by atoms with E-state index >= 15 is 0 Å². The Morgan fingerprint density at radius 1 is 0.941 bits per heavy atom. The highest BCUT2D eigenvalue weighted by Crippen LogP contribution is 2.28. The van der Waals surface area contributed by atoms with Crippen molar-refractivity contribution in [2.75, 3.05) is 0 Å². The number of aromatic nitrogens is 1. The van der Waals surface area contributed by atoms with Gasteiger partial charge in [-0.1, -0.05) is 42.0 Å². The normalized spacial score (nSPS) is 10.9. The van der Waals surface area contributed by atoms with Crippen molar-refractivity contribution < 1.29 is 4.39 Å². The van der Waals surface area contributed by atoms with Gasteiger partial charge in [-0.05, 0) is 19.1 Å². The lowest BCUT2D eigenvalue weighted by atomic mass is 10.1. The molecule has 17 heavy (non-hydrogen) atoms. The first-order valence-corrected chi connectivity index (χ1v) is 5.59. The minimum Gasteiger partial charge on any atom is -0.352 e. The molecule has 0 saturated heterocycles. The molecule has 1 heterocycles. The summed E-state index contributed by atoms with van der Waals surface area (Å²) in [5.41, 5.74) is 3.45. The third-order valence-electron chi connectivity index (χ3n) is 2.98. The van der Waals surface area contributed by atoms with E-state index in [9.17, 15) is 4.39 Å². The average Bonchev–Trinajstić information content (AvgIpc) is 2.69. The molecule has 2 aromatic carbocycles. The Bertz CT molecular complexity index is 665. The van der Waals surface area contributed by atoms with E-state index in [-0.39, 0.29) is 5.82 Å². The zero-order valence-corrected chi connectivity index (χ0v) is 9.50. The van der Waals surface area contributed by atoms with E-state index in [1.54, 1.807) is 6.07 Å². The molecule has 0 bridgehead atoms. The van der Waals surface area contributed by atoms with Gasteiger partial charge in [-0.2, -0.15) is 0 Å². The van der Waals surface area contributed by atoms with E-state index in [0.29, 0.717) is 11.1 Å². The van der Waals surface area contributed by atoms with E-state index in [2.05, 4.69) is 4.98 Å². The number of rotatable bonds is 1. The molecule has 0 aliphatic rings. The standard InChI is InChI=1S/C15H12FN/c1-10-6-8-11(9-7-10)15-14(16)12-4-2-3-5-13(12)17-15/h2-9,17H,1H3. The van der Waals surface area contributed by atoms with Crippen molar-refractivity contribution in [1.29, 1.82) is 0 Å². The van der Waals surface area contributed by atoms with E-state index in [4.69, 9.17) is 0 Å². The number of hydrogen-bond acceptors (Lipinski definition) is 0. The predicted octanol–water partition coefficient (Wildman–Crippen LogP) is 4.28. The molecule has 0 spiro atoms. The maximum Gasteiger partial charge on any atom is 0.156 e. The van der Waals surface area contributed by atoms with Crippen LogP contribution in [-0.2, 0) is 0 Å². The summed E-state index contributed by atoms with van der Waals surface area (Å²) in [4.78, 5) is 3.12. The van der Waals surface area contributed by atoms with Gasteiger partial charge in [0, 0.05) is 16.5 Å². The van der Waals surface area contributed by atoms with Crippen LogP contribution in [0.2, 0.25) is 0 Å². The number of nitrogens with one attached hydrogen (secondary N) is 1. The topological polar surface area (TPSA) is 15.8 Å². The lowest BCUT2D eigenvalue weighted by Gasteiger charge is -1.99. The molecule has 1 aromatic heterocycles. The van der Waals surface area contributed by atoms with Gasteiger partial charge in [-0.15, -0.1) is 0 Å². The van der Waals surface area contributed by atoms with Crippen molar-refractivity contribution in [1.82, 2.24) is 4.98 Å². The van der Waals surface area contributed by atoms with Gasteiger partial charge in [0.15, 0.2) is 5.82 Å². The van der Waals surface area contributed by atoms with Gasteiger partial charge in [0.05, 0.1) is 5.69 Å². The van der Waals surface area contributed by atoms with Crippen LogP contribution in [0.3, 0.4) is 0 Å². The summed E-state index contributed by atoms with van der Waals surface area (Å²) >= 11 is 0. The Labute approximate surface area is 98.9 Å². The highest BCUT2D eigenvalue weighted by atomic mass is 19.1. The zero-order chi connectivity index (χ0) is 11.8. The Morgan fingerprint density at radius 2 is 1.65 bits per heavy atom. The molecule has 0 aliphatic carbocycles.